The molecule has 23 heavy (non-hydrogen) atoms. The highest BCUT2D eigenvalue weighted by molar-refractivity contribution is 14.1. The zero-order valence-corrected chi connectivity index (χ0v) is 17.7. The van der Waals surface area contributed by atoms with Gasteiger partial charge in [0.15, 0.2) is 0 Å². The summed E-state index contributed by atoms with van der Waals surface area (Å²) in [5, 5.41) is 1.45. The molecule has 0 amide bonds. The maximum Gasteiger partial charge on any atom is 0.146 e. The van der Waals surface area contributed by atoms with Gasteiger partial charge in [-0.05, 0) is 69.4 Å². The Balaban J connectivity index is 1.83. The third-order valence-corrected chi connectivity index (χ3v) is 6.23. The molecular weight excluding hydrogens is 563 g/mol. The Kier molecular flexibility index (Phi) is 6.08. The summed E-state index contributed by atoms with van der Waals surface area (Å²) in [6, 6.07) is 8.75. The van der Waals surface area contributed by atoms with Crippen molar-refractivity contribution in [2.45, 2.75) is 6.61 Å². The minimum Gasteiger partial charge on any atom is -0.487 e. The molecule has 1 heterocycles. The van der Waals surface area contributed by atoms with Crippen LogP contribution in [0.3, 0.4) is 0 Å². The van der Waals surface area contributed by atoms with Crippen molar-refractivity contribution in [3.63, 3.8) is 0 Å². The maximum absolute atomic E-state index is 13.8. The van der Waals surface area contributed by atoms with Crippen LogP contribution >= 0.6 is 68.5 Å². The van der Waals surface area contributed by atoms with Crippen molar-refractivity contribution < 1.29 is 9.13 Å². The molecule has 0 fully saturated rings. The van der Waals surface area contributed by atoms with E-state index in [4.69, 9.17) is 16.3 Å². The highest BCUT2D eigenvalue weighted by atomic mass is 127. The van der Waals surface area contributed by atoms with Crippen LogP contribution in [0.1, 0.15) is 11.1 Å². The van der Waals surface area contributed by atoms with Crippen molar-refractivity contribution in [1.29, 1.82) is 0 Å². The molecule has 0 atom stereocenters. The number of hydrogen-bond donors (Lipinski definition) is 0. The molecule has 1 aliphatic heterocycles. The van der Waals surface area contributed by atoms with Gasteiger partial charge in [0.1, 0.15) is 18.2 Å². The third-order valence-electron chi connectivity index (χ3n) is 3.25. The summed E-state index contributed by atoms with van der Waals surface area (Å²) in [5.74, 6) is 1.43. The molecule has 2 nitrogen and oxygen atoms in total. The molecule has 0 unspecified atom stereocenters. The molecule has 120 valence electrons. The van der Waals surface area contributed by atoms with Gasteiger partial charge >= 0.3 is 0 Å². The lowest BCUT2D eigenvalue weighted by Crippen LogP contribution is -2.04. The zero-order chi connectivity index (χ0) is 16.4. The highest BCUT2D eigenvalue weighted by Crippen LogP contribution is 2.32. The second kappa shape index (κ2) is 7.88. The topological polar surface area (TPSA) is 21.6 Å². The fourth-order valence-electron chi connectivity index (χ4n) is 2.15. The van der Waals surface area contributed by atoms with Crippen molar-refractivity contribution in [3.05, 3.63) is 59.4 Å². The van der Waals surface area contributed by atoms with Gasteiger partial charge in [0.05, 0.1) is 17.2 Å². The number of aliphatic imine (C=N–C) groups is 1. The molecule has 0 radical (unpaired) electrons. The predicted molar refractivity (Wildman–Crippen MR) is 111 cm³/mol. The van der Waals surface area contributed by atoms with Crippen molar-refractivity contribution in [3.8, 4) is 5.75 Å². The number of hydrogen-bond acceptors (Lipinski definition) is 3. The molecule has 0 aliphatic carbocycles. The first-order chi connectivity index (χ1) is 11.1. The molecule has 0 aromatic heterocycles. The quantitative estimate of drug-likeness (QED) is 0.434. The SMILES string of the molecule is Fc1cccc(Cl)c1COc1c(I)cc(C2=NCCS2)cc1I. The van der Waals surface area contributed by atoms with Crippen molar-refractivity contribution in [1.82, 2.24) is 0 Å². The summed E-state index contributed by atoms with van der Waals surface area (Å²) in [6.07, 6.45) is 0. The van der Waals surface area contributed by atoms with Crippen LogP contribution in [0.5, 0.6) is 5.75 Å². The van der Waals surface area contributed by atoms with Gasteiger partial charge in [0, 0.05) is 23.4 Å². The normalized spacial score (nSPS) is 14.0. The Morgan fingerprint density at radius 1 is 1.26 bits per heavy atom. The molecule has 7 heteroatoms. The summed E-state index contributed by atoms with van der Waals surface area (Å²) >= 11 is 12.3. The van der Waals surface area contributed by atoms with Crippen LogP contribution in [0.2, 0.25) is 5.02 Å². The Morgan fingerprint density at radius 2 is 2.00 bits per heavy atom. The molecule has 0 bridgehead atoms. The number of ether oxygens (including phenoxy) is 1. The van der Waals surface area contributed by atoms with Gasteiger partial charge < -0.3 is 4.74 Å². The summed E-state index contributed by atoms with van der Waals surface area (Å²) in [4.78, 5) is 4.50. The molecule has 0 spiro atoms. The average Bonchev–Trinajstić information content (AvgIpc) is 3.03. The second-order valence-corrected chi connectivity index (χ2v) is 8.61. The molecule has 3 rings (SSSR count). The van der Waals surface area contributed by atoms with Crippen LogP contribution < -0.4 is 4.74 Å². The lowest BCUT2D eigenvalue weighted by Gasteiger charge is -2.13. The number of benzene rings is 2. The fraction of sp³-hybridized carbons (Fsp3) is 0.188. The number of halogens is 4. The Bertz CT molecular complexity index is 741. The lowest BCUT2D eigenvalue weighted by atomic mass is 10.2. The smallest absolute Gasteiger partial charge is 0.146 e. The van der Waals surface area contributed by atoms with E-state index in [0.29, 0.717) is 10.6 Å². The van der Waals surface area contributed by atoms with E-state index in [1.165, 1.54) is 6.07 Å². The summed E-state index contributed by atoms with van der Waals surface area (Å²) in [7, 11) is 0. The number of nitrogens with zero attached hydrogens (tertiary/aromatic N) is 1. The van der Waals surface area contributed by atoms with Gasteiger partial charge in [0.2, 0.25) is 0 Å². The van der Waals surface area contributed by atoms with E-state index in [1.807, 2.05) is 0 Å². The Morgan fingerprint density at radius 3 is 2.61 bits per heavy atom. The molecule has 2 aromatic rings. The van der Waals surface area contributed by atoms with E-state index >= 15 is 0 Å². The fourth-order valence-corrected chi connectivity index (χ4v) is 5.29. The van der Waals surface area contributed by atoms with E-state index in [2.05, 4.69) is 62.3 Å². The van der Waals surface area contributed by atoms with Gasteiger partial charge in [-0.3, -0.25) is 4.99 Å². The molecule has 0 saturated heterocycles. The monoisotopic (exact) mass is 573 g/mol. The molecule has 2 aromatic carbocycles. The number of rotatable bonds is 4. The van der Waals surface area contributed by atoms with Crippen LogP contribution in [-0.4, -0.2) is 17.3 Å². The van der Waals surface area contributed by atoms with E-state index in [1.54, 1.807) is 23.9 Å². The van der Waals surface area contributed by atoms with Crippen LogP contribution in [0.25, 0.3) is 0 Å². The minimum absolute atomic E-state index is 0.104. The minimum atomic E-state index is -0.351. The Hall–Kier alpha value is -0.0600. The third kappa shape index (κ3) is 4.13. The van der Waals surface area contributed by atoms with Gasteiger partial charge in [0.25, 0.3) is 0 Å². The van der Waals surface area contributed by atoms with E-state index in [-0.39, 0.29) is 12.4 Å². The largest absolute Gasteiger partial charge is 0.487 e. The van der Waals surface area contributed by atoms with E-state index in [9.17, 15) is 4.39 Å². The molecule has 1 aliphatic rings. The van der Waals surface area contributed by atoms with Gasteiger partial charge in [-0.1, -0.05) is 17.7 Å². The van der Waals surface area contributed by atoms with E-state index < -0.39 is 0 Å². The first kappa shape index (κ1) is 17.8. The van der Waals surface area contributed by atoms with E-state index in [0.717, 1.165) is 35.8 Å². The van der Waals surface area contributed by atoms with Crippen molar-refractivity contribution >= 4 is 73.6 Å². The van der Waals surface area contributed by atoms with Crippen LogP contribution in [-0.2, 0) is 6.61 Å². The summed E-state index contributed by atoms with van der Waals surface area (Å²) in [5.41, 5.74) is 1.48. The second-order valence-electron chi connectivity index (χ2n) is 4.79. The Labute approximate surface area is 170 Å². The summed E-state index contributed by atoms with van der Waals surface area (Å²) < 4.78 is 21.6. The van der Waals surface area contributed by atoms with Gasteiger partial charge in [-0.2, -0.15) is 0 Å². The predicted octanol–water partition coefficient (Wildman–Crippen LogP) is 5.76. The molecule has 0 saturated carbocycles. The van der Waals surface area contributed by atoms with Crippen LogP contribution in [0.15, 0.2) is 35.3 Å². The van der Waals surface area contributed by atoms with Gasteiger partial charge in [-0.25, -0.2) is 4.39 Å². The van der Waals surface area contributed by atoms with Crippen molar-refractivity contribution in [2.24, 2.45) is 4.99 Å². The average molecular weight is 574 g/mol. The standard InChI is InChI=1S/C16H11ClFI2NOS/c17-11-2-1-3-12(18)10(11)8-22-15-13(19)6-9(7-14(15)20)16-21-4-5-23-16/h1-3,6-7H,4-5,8H2. The first-order valence-corrected chi connectivity index (χ1v) is 10.3. The summed E-state index contributed by atoms with van der Waals surface area (Å²) in [6.45, 7) is 0.976. The molecule has 0 N–H and O–H groups in total. The first-order valence-electron chi connectivity index (χ1n) is 6.78. The van der Waals surface area contributed by atoms with Gasteiger partial charge in [-0.15, -0.1) is 11.8 Å². The van der Waals surface area contributed by atoms with Crippen molar-refractivity contribution in [2.75, 3.05) is 12.3 Å². The lowest BCUT2D eigenvalue weighted by molar-refractivity contribution is 0.295. The number of thioether (sulfide) groups is 1. The van der Waals surface area contributed by atoms with Crippen LogP contribution in [0.4, 0.5) is 4.39 Å². The van der Waals surface area contributed by atoms with Crippen LogP contribution in [0, 0.1) is 13.0 Å². The molecular formula is C16H11ClFI2NOS. The zero-order valence-electron chi connectivity index (χ0n) is 11.8. The highest BCUT2D eigenvalue weighted by Gasteiger charge is 2.16. The maximum atomic E-state index is 13.8.